The number of hydrogen-bond acceptors (Lipinski definition) is 5. The van der Waals surface area contributed by atoms with Gasteiger partial charge in [0.2, 0.25) is 0 Å². The van der Waals surface area contributed by atoms with Gasteiger partial charge in [-0.05, 0) is 69.0 Å². The topological polar surface area (TPSA) is 59.2 Å². The molecule has 1 unspecified atom stereocenters. The minimum atomic E-state index is -0.0922. The highest BCUT2D eigenvalue weighted by Gasteiger charge is 2.27. The lowest BCUT2D eigenvalue weighted by Crippen LogP contribution is -2.44. The van der Waals surface area contributed by atoms with Crippen LogP contribution in [-0.4, -0.2) is 34.8 Å². The van der Waals surface area contributed by atoms with Crippen molar-refractivity contribution in [3.8, 4) is 0 Å². The van der Waals surface area contributed by atoms with Crippen LogP contribution >= 0.6 is 11.3 Å². The van der Waals surface area contributed by atoms with E-state index in [0.29, 0.717) is 11.0 Å². The minimum Gasteiger partial charge on any atom is -0.375 e. The van der Waals surface area contributed by atoms with Crippen molar-refractivity contribution in [1.82, 2.24) is 9.88 Å². The average molecular weight is 380 g/mol. The van der Waals surface area contributed by atoms with Crippen molar-refractivity contribution in [2.75, 3.05) is 18.8 Å². The number of aromatic nitrogens is 1. The Bertz CT molecular complexity index is 929. The highest BCUT2D eigenvalue weighted by atomic mass is 32.1. The highest BCUT2D eigenvalue weighted by Crippen LogP contribution is 2.27. The summed E-state index contributed by atoms with van der Waals surface area (Å²) >= 11 is 1.43. The minimum absolute atomic E-state index is 0.0922. The Labute approximate surface area is 164 Å². The molecule has 2 aromatic carbocycles. The van der Waals surface area contributed by atoms with E-state index in [1.54, 1.807) is 0 Å². The van der Waals surface area contributed by atoms with Crippen LogP contribution in [0.3, 0.4) is 0 Å². The molecule has 2 heterocycles. The molecule has 0 aliphatic carbocycles. The van der Waals surface area contributed by atoms with Crippen LogP contribution in [-0.2, 0) is 6.42 Å². The first-order valence-corrected chi connectivity index (χ1v) is 10.4. The van der Waals surface area contributed by atoms with Crippen LogP contribution in [0.25, 0.3) is 10.2 Å². The number of hydrogen-bond donors (Lipinski definition) is 1. The van der Waals surface area contributed by atoms with Crippen molar-refractivity contribution in [2.24, 2.45) is 5.92 Å². The van der Waals surface area contributed by atoms with Gasteiger partial charge in [-0.25, -0.2) is 4.98 Å². The van der Waals surface area contributed by atoms with Crippen LogP contribution < -0.4 is 5.73 Å². The molecule has 1 atom stereocenters. The molecule has 1 aliphatic rings. The fourth-order valence-electron chi connectivity index (χ4n) is 3.99. The van der Waals surface area contributed by atoms with Crippen molar-refractivity contribution >= 4 is 32.5 Å². The van der Waals surface area contributed by atoms with Crippen molar-refractivity contribution in [3.63, 3.8) is 0 Å². The molecule has 2 N–H and O–H groups in total. The molecule has 140 valence electrons. The number of thiazole rings is 1. The molecular formula is C22H25N3OS. The van der Waals surface area contributed by atoms with Gasteiger partial charge < -0.3 is 5.73 Å². The number of nitrogen functional groups attached to an aromatic ring is 1. The molecular weight excluding hydrogens is 354 g/mol. The van der Waals surface area contributed by atoms with Gasteiger partial charge in [0.05, 0.1) is 16.3 Å². The van der Waals surface area contributed by atoms with Gasteiger partial charge in [-0.3, -0.25) is 9.69 Å². The quantitative estimate of drug-likeness (QED) is 0.667. The van der Waals surface area contributed by atoms with E-state index in [2.05, 4.69) is 40.2 Å². The van der Waals surface area contributed by atoms with Crippen molar-refractivity contribution < 1.29 is 4.79 Å². The third kappa shape index (κ3) is 4.04. The van der Waals surface area contributed by atoms with Gasteiger partial charge >= 0.3 is 0 Å². The van der Waals surface area contributed by atoms with Gasteiger partial charge in [0.15, 0.2) is 10.9 Å². The van der Waals surface area contributed by atoms with Gasteiger partial charge in [0, 0.05) is 5.56 Å². The number of fused-ring (bicyclic) bond motifs is 1. The number of nitrogens with two attached hydrogens (primary N) is 1. The van der Waals surface area contributed by atoms with Crippen molar-refractivity contribution in [3.05, 3.63) is 59.7 Å². The molecule has 4 nitrogen and oxygen atoms in total. The van der Waals surface area contributed by atoms with Gasteiger partial charge in [-0.15, -0.1) is 0 Å². The summed E-state index contributed by atoms with van der Waals surface area (Å²) in [6, 6.07) is 16.3. The summed E-state index contributed by atoms with van der Waals surface area (Å²) in [5.41, 5.74) is 8.81. The van der Waals surface area contributed by atoms with E-state index >= 15 is 0 Å². The van der Waals surface area contributed by atoms with E-state index in [9.17, 15) is 4.79 Å². The molecule has 1 aromatic heterocycles. The van der Waals surface area contributed by atoms with E-state index in [1.165, 1.54) is 16.9 Å². The van der Waals surface area contributed by atoms with Crippen LogP contribution in [0.1, 0.15) is 35.7 Å². The lowest BCUT2D eigenvalue weighted by Gasteiger charge is -2.35. The third-order valence-corrected chi connectivity index (χ3v) is 6.48. The van der Waals surface area contributed by atoms with Crippen LogP contribution in [0.2, 0.25) is 0 Å². The normalized spacial score (nSPS) is 17.2. The van der Waals surface area contributed by atoms with Crippen LogP contribution in [0.5, 0.6) is 0 Å². The first-order valence-electron chi connectivity index (χ1n) is 9.58. The number of piperidine rings is 1. The molecule has 1 aliphatic heterocycles. The molecule has 1 fully saturated rings. The monoisotopic (exact) mass is 379 g/mol. The Morgan fingerprint density at radius 3 is 2.70 bits per heavy atom. The molecule has 3 aromatic rings. The van der Waals surface area contributed by atoms with E-state index in [-0.39, 0.29) is 11.8 Å². The second-order valence-corrected chi connectivity index (χ2v) is 8.51. The Balaban J connectivity index is 1.37. The maximum absolute atomic E-state index is 13.0. The lowest BCUT2D eigenvalue weighted by atomic mass is 9.89. The number of carbonyl (C=O) groups is 1. The van der Waals surface area contributed by atoms with E-state index in [1.807, 2.05) is 25.1 Å². The Morgan fingerprint density at radius 2 is 1.96 bits per heavy atom. The third-order valence-electron chi connectivity index (χ3n) is 5.63. The predicted octanol–water partition coefficient (Wildman–Crippen LogP) is 4.40. The van der Waals surface area contributed by atoms with Gasteiger partial charge in [-0.1, -0.05) is 41.7 Å². The van der Waals surface area contributed by atoms with Gasteiger partial charge in [0.25, 0.3) is 0 Å². The maximum Gasteiger partial charge on any atom is 0.181 e. The lowest BCUT2D eigenvalue weighted by molar-refractivity contribution is 0.0771. The Hall–Kier alpha value is -2.24. The zero-order valence-corrected chi connectivity index (χ0v) is 16.4. The molecule has 5 heteroatoms. The number of carbonyl (C=O) groups excluding carboxylic acids is 1. The smallest absolute Gasteiger partial charge is 0.181 e. The Morgan fingerprint density at radius 1 is 1.22 bits per heavy atom. The summed E-state index contributed by atoms with van der Waals surface area (Å²) in [5, 5.41) is 0.545. The predicted molar refractivity (Wildman–Crippen MR) is 112 cm³/mol. The number of rotatable bonds is 5. The van der Waals surface area contributed by atoms with E-state index < -0.39 is 0 Å². The zero-order valence-electron chi connectivity index (χ0n) is 15.6. The summed E-state index contributed by atoms with van der Waals surface area (Å²) < 4.78 is 0.979. The van der Waals surface area contributed by atoms with Crippen LogP contribution in [0.4, 0.5) is 5.13 Å². The molecule has 0 amide bonds. The number of ketones is 1. The average Bonchev–Trinajstić information content (AvgIpc) is 3.07. The number of Topliss-reactive ketones (excluding diaryl/α,β-unsaturated/α-hetero) is 1. The van der Waals surface area contributed by atoms with E-state index in [0.717, 1.165) is 48.1 Å². The van der Waals surface area contributed by atoms with Crippen LogP contribution in [0.15, 0.2) is 48.5 Å². The number of benzene rings is 2. The Kier molecular flexibility index (Phi) is 5.23. The van der Waals surface area contributed by atoms with Crippen LogP contribution in [0, 0.1) is 5.92 Å². The molecule has 0 radical (unpaired) electrons. The fraction of sp³-hybridized carbons (Fsp3) is 0.364. The highest BCUT2D eigenvalue weighted by molar-refractivity contribution is 7.22. The second kappa shape index (κ2) is 7.79. The van der Waals surface area contributed by atoms with Gasteiger partial charge in [0.1, 0.15) is 0 Å². The number of likely N-dealkylation sites (tertiary alicyclic amines) is 1. The zero-order chi connectivity index (χ0) is 18.8. The summed E-state index contributed by atoms with van der Waals surface area (Å²) in [7, 11) is 0. The summed E-state index contributed by atoms with van der Waals surface area (Å²) in [5.74, 6) is 0.896. The largest absolute Gasteiger partial charge is 0.375 e. The molecule has 4 rings (SSSR count). The summed E-state index contributed by atoms with van der Waals surface area (Å²) in [4.78, 5) is 19.6. The number of nitrogens with zero attached hydrogens (tertiary/aromatic N) is 2. The molecule has 27 heavy (non-hydrogen) atoms. The second-order valence-electron chi connectivity index (χ2n) is 7.44. The van der Waals surface area contributed by atoms with Crippen molar-refractivity contribution in [2.45, 2.75) is 32.2 Å². The molecule has 1 saturated heterocycles. The van der Waals surface area contributed by atoms with E-state index in [4.69, 9.17) is 5.73 Å². The maximum atomic E-state index is 13.0. The van der Waals surface area contributed by atoms with Crippen molar-refractivity contribution in [1.29, 1.82) is 0 Å². The number of anilines is 1. The first-order chi connectivity index (χ1) is 13.1. The van der Waals surface area contributed by atoms with Gasteiger partial charge in [-0.2, -0.15) is 0 Å². The fourth-order valence-corrected chi connectivity index (χ4v) is 4.77. The summed E-state index contributed by atoms with van der Waals surface area (Å²) in [6.45, 7) is 4.01. The first kappa shape index (κ1) is 18.1. The molecule has 0 saturated carbocycles. The molecule has 0 bridgehead atoms. The standard InChI is InChI=1S/C22H25N3OS/c1-15(21(26)18-7-8-19-20(14-18)27-22(23)24-19)25-11-9-17(10-12-25)13-16-5-3-2-4-6-16/h2-8,14-15,17H,9-13H2,1H3,(H2,23,24). The molecule has 0 spiro atoms. The summed E-state index contributed by atoms with van der Waals surface area (Å²) in [6.07, 6.45) is 3.44. The SMILES string of the molecule is CC(C(=O)c1ccc2nc(N)sc2c1)N1CCC(Cc2ccccc2)CC1.